The number of nitrogens with zero attached hydrogens (tertiary/aromatic N) is 1. The molecule has 4 rings (SSSR count). The topological polar surface area (TPSA) is 111 Å². The fourth-order valence-electron chi connectivity index (χ4n) is 3.54. The average molecular weight is 372 g/mol. The number of hydrogen-bond acceptors (Lipinski definition) is 6. The quantitative estimate of drug-likeness (QED) is 0.848. The van der Waals surface area contributed by atoms with Gasteiger partial charge in [-0.15, -0.1) is 0 Å². The van der Waals surface area contributed by atoms with E-state index in [-0.39, 0.29) is 23.6 Å². The molecule has 0 radical (unpaired) electrons. The molecule has 1 amide bonds. The fourth-order valence-corrected chi connectivity index (χ4v) is 3.54. The first kappa shape index (κ1) is 17.4. The smallest absolute Gasteiger partial charge is 0.306 e. The predicted molar refractivity (Wildman–Crippen MR) is 93.8 cm³/mol. The van der Waals surface area contributed by atoms with Gasteiger partial charge < -0.3 is 24.3 Å². The summed E-state index contributed by atoms with van der Waals surface area (Å²) < 4.78 is 16.5. The Morgan fingerprint density at radius 3 is 2.56 bits per heavy atom. The van der Waals surface area contributed by atoms with Crippen LogP contribution in [0.1, 0.15) is 36.2 Å². The van der Waals surface area contributed by atoms with E-state index in [4.69, 9.17) is 19.0 Å². The van der Waals surface area contributed by atoms with Crippen LogP contribution in [0, 0.1) is 5.92 Å². The Morgan fingerprint density at radius 2 is 1.81 bits per heavy atom. The Kier molecular flexibility index (Phi) is 4.70. The molecule has 142 valence electrons. The first-order valence-electron chi connectivity index (χ1n) is 8.99. The van der Waals surface area contributed by atoms with Crippen molar-refractivity contribution >= 4 is 11.9 Å². The maximum atomic E-state index is 12.7. The van der Waals surface area contributed by atoms with Gasteiger partial charge in [0.05, 0.1) is 5.92 Å². The molecule has 0 unspecified atom stereocenters. The summed E-state index contributed by atoms with van der Waals surface area (Å²) in [6, 6.07) is 5.28. The van der Waals surface area contributed by atoms with Crippen molar-refractivity contribution in [2.75, 3.05) is 13.2 Å². The van der Waals surface area contributed by atoms with Gasteiger partial charge in [-0.05, 0) is 43.9 Å². The Hall–Kier alpha value is -3.03. The highest BCUT2D eigenvalue weighted by Gasteiger charge is 2.28. The molecular formula is C19H20N2O6. The number of carbonyl (C=O) groups excluding carboxylic acids is 1. The van der Waals surface area contributed by atoms with E-state index in [0.29, 0.717) is 61.7 Å². The van der Waals surface area contributed by atoms with Crippen molar-refractivity contribution < 1.29 is 28.6 Å². The van der Waals surface area contributed by atoms with E-state index in [2.05, 4.69) is 10.3 Å². The number of hydrogen-bond donors (Lipinski definition) is 2. The molecule has 1 aliphatic heterocycles. The van der Waals surface area contributed by atoms with Crippen molar-refractivity contribution in [1.29, 1.82) is 0 Å². The Morgan fingerprint density at radius 1 is 1.07 bits per heavy atom. The van der Waals surface area contributed by atoms with Gasteiger partial charge in [0, 0.05) is 11.6 Å². The Balaban J connectivity index is 1.47. The van der Waals surface area contributed by atoms with E-state index < -0.39 is 5.97 Å². The van der Waals surface area contributed by atoms with Crippen LogP contribution in [0.25, 0.3) is 11.3 Å². The van der Waals surface area contributed by atoms with Crippen LogP contribution in [0.2, 0.25) is 0 Å². The highest BCUT2D eigenvalue weighted by atomic mass is 16.6. The molecule has 0 saturated heterocycles. The van der Waals surface area contributed by atoms with E-state index in [9.17, 15) is 9.59 Å². The third-order valence-corrected chi connectivity index (χ3v) is 5.00. The third-order valence-electron chi connectivity index (χ3n) is 5.00. The molecule has 8 heteroatoms. The number of aromatic nitrogens is 1. The molecule has 1 aromatic carbocycles. The van der Waals surface area contributed by atoms with Crippen LogP contribution in [0.5, 0.6) is 11.5 Å². The first-order valence-corrected chi connectivity index (χ1v) is 8.99. The van der Waals surface area contributed by atoms with Gasteiger partial charge in [0.15, 0.2) is 29.3 Å². The van der Waals surface area contributed by atoms with Crippen molar-refractivity contribution in [3.8, 4) is 22.8 Å². The molecular weight excluding hydrogens is 352 g/mol. The monoisotopic (exact) mass is 372 g/mol. The van der Waals surface area contributed by atoms with E-state index in [1.165, 1.54) is 6.39 Å². The summed E-state index contributed by atoms with van der Waals surface area (Å²) in [6.07, 6.45) is 3.64. The van der Waals surface area contributed by atoms with Gasteiger partial charge in [-0.3, -0.25) is 9.59 Å². The second-order valence-electron chi connectivity index (χ2n) is 6.75. The van der Waals surface area contributed by atoms with Gasteiger partial charge in [-0.25, -0.2) is 4.98 Å². The van der Waals surface area contributed by atoms with Crippen LogP contribution in [0.3, 0.4) is 0 Å². The van der Waals surface area contributed by atoms with Gasteiger partial charge >= 0.3 is 5.97 Å². The van der Waals surface area contributed by atoms with E-state index in [1.54, 1.807) is 18.2 Å². The van der Waals surface area contributed by atoms with Crippen LogP contribution in [-0.2, 0) is 4.79 Å². The van der Waals surface area contributed by atoms with Gasteiger partial charge in [-0.1, -0.05) is 0 Å². The summed E-state index contributed by atoms with van der Waals surface area (Å²) in [5.41, 5.74) is 0.878. The summed E-state index contributed by atoms with van der Waals surface area (Å²) in [5.74, 6) is 0.214. The van der Waals surface area contributed by atoms with Gasteiger partial charge in [0.2, 0.25) is 0 Å². The van der Waals surface area contributed by atoms with Gasteiger partial charge in [0.25, 0.3) is 5.91 Å². The van der Waals surface area contributed by atoms with E-state index >= 15 is 0 Å². The number of nitrogens with one attached hydrogen (secondary N) is 1. The molecule has 1 aliphatic carbocycles. The number of aliphatic carboxylic acids is 1. The van der Waals surface area contributed by atoms with Crippen LogP contribution in [0.4, 0.5) is 0 Å². The molecule has 8 nitrogen and oxygen atoms in total. The number of rotatable bonds is 4. The number of fused-ring (bicyclic) bond motifs is 1. The Bertz CT molecular complexity index is 854. The SMILES string of the molecule is O=C(NC1CCC(C(=O)O)CC1)c1ncoc1-c1ccc2c(c1)OCCO2. The predicted octanol–water partition coefficient (Wildman–Crippen LogP) is 2.49. The standard InChI is InChI=1S/C19H20N2O6/c22-18(21-13-4-1-11(2-5-13)19(23)24)16-17(27-10-20-16)12-3-6-14-15(9-12)26-8-7-25-14/h3,6,9-11,13H,1-2,4-5,7-8H2,(H,21,22)(H,23,24). The van der Waals surface area contributed by atoms with Crippen LogP contribution < -0.4 is 14.8 Å². The normalized spacial score (nSPS) is 21.5. The molecule has 2 aliphatic rings. The molecule has 0 atom stereocenters. The van der Waals surface area contributed by atoms with Crippen molar-refractivity contribution in [2.24, 2.45) is 5.92 Å². The Labute approximate surface area is 155 Å². The summed E-state index contributed by atoms with van der Waals surface area (Å²) in [7, 11) is 0. The minimum Gasteiger partial charge on any atom is -0.486 e. The van der Waals surface area contributed by atoms with E-state index in [1.807, 2.05) is 0 Å². The highest BCUT2D eigenvalue weighted by molar-refractivity contribution is 5.97. The lowest BCUT2D eigenvalue weighted by Crippen LogP contribution is -2.39. The molecule has 2 N–H and O–H groups in total. The summed E-state index contributed by atoms with van der Waals surface area (Å²) in [5, 5.41) is 12.0. The minimum atomic E-state index is -0.767. The summed E-state index contributed by atoms with van der Waals surface area (Å²) >= 11 is 0. The largest absolute Gasteiger partial charge is 0.486 e. The first-order chi connectivity index (χ1) is 13.1. The second kappa shape index (κ2) is 7.30. The minimum absolute atomic E-state index is 0.0575. The van der Waals surface area contributed by atoms with Crippen LogP contribution in [-0.4, -0.2) is 41.2 Å². The highest BCUT2D eigenvalue weighted by Crippen LogP contribution is 2.35. The molecule has 1 fully saturated rings. The molecule has 2 aromatic rings. The van der Waals surface area contributed by atoms with Crippen molar-refractivity contribution in [2.45, 2.75) is 31.7 Å². The zero-order valence-electron chi connectivity index (χ0n) is 14.6. The van der Waals surface area contributed by atoms with Crippen molar-refractivity contribution in [1.82, 2.24) is 10.3 Å². The van der Waals surface area contributed by atoms with Crippen LogP contribution >= 0.6 is 0 Å². The zero-order valence-corrected chi connectivity index (χ0v) is 14.6. The van der Waals surface area contributed by atoms with Crippen molar-refractivity contribution in [3.63, 3.8) is 0 Å². The zero-order chi connectivity index (χ0) is 18.8. The molecule has 27 heavy (non-hydrogen) atoms. The number of carboxylic acids is 1. The summed E-state index contributed by atoms with van der Waals surface area (Å²) in [6.45, 7) is 0.978. The third kappa shape index (κ3) is 3.60. The maximum Gasteiger partial charge on any atom is 0.306 e. The number of oxazole rings is 1. The number of ether oxygens (including phenoxy) is 2. The number of carbonyl (C=O) groups is 2. The molecule has 0 bridgehead atoms. The lowest BCUT2D eigenvalue weighted by molar-refractivity contribution is -0.142. The average Bonchev–Trinajstić information content (AvgIpc) is 3.18. The van der Waals surface area contributed by atoms with Crippen LogP contribution in [0.15, 0.2) is 29.0 Å². The van der Waals surface area contributed by atoms with Gasteiger partial charge in [-0.2, -0.15) is 0 Å². The number of carboxylic acid groups (broad SMARTS) is 1. The lowest BCUT2D eigenvalue weighted by Gasteiger charge is -2.26. The van der Waals surface area contributed by atoms with E-state index in [0.717, 1.165) is 0 Å². The van der Waals surface area contributed by atoms with Gasteiger partial charge in [0.1, 0.15) is 13.2 Å². The molecule has 1 aromatic heterocycles. The molecule has 1 saturated carbocycles. The maximum absolute atomic E-state index is 12.7. The number of amides is 1. The lowest BCUT2D eigenvalue weighted by atomic mass is 9.86. The summed E-state index contributed by atoms with van der Waals surface area (Å²) in [4.78, 5) is 27.8. The molecule has 0 spiro atoms. The molecule has 2 heterocycles. The fraction of sp³-hybridized carbons (Fsp3) is 0.421. The van der Waals surface area contributed by atoms with Crippen molar-refractivity contribution in [3.05, 3.63) is 30.3 Å². The number of benzene rings is 1. The second-order valence-corrected chi connectivity index (χ2v) is 6.75.